The molecule has 1 aliphatic heterocycles. The number of halogens is 4. The molecule has 0 radical (unpaired) electrons. The van der Waals surface area contributed by atoms with Gasteiger partial charge in [-0.3, -0.25) is 10.1 Å². The number of nitrogens with zero attached hydrogens (tertiary/aromatic N) is 3. The van der Waals surface area contributed by atoms with Crippen LogP contribution < -0.4 is 25.4 Å². The second-order valence-corrected chi connectivity index (χ2v) is 10.3. The summed E-state index contributed by atoms with van der Waals surface area (Å²) < 4.78 is 68.3. The van der Waals surface area contributed by atoms with Crippen molar-refractivity contribution in [3.8, 4) is 22.9 Å². The summed E-state index contributed by atoms with van der Waals surface area (Å²) in [5, 5.41) is 11.7. The van der Waals surface area contributed by atoms with E-state index in [9.17, 15) is 27.2 Å². The summed E-state index contributed by atoms with van der Waals surface area (Å²) in [6.45, 7) is 5.35. The van der Waals surface area contributed by atoms with Crippen LogP contribution in [0.25, 0.3) is 5.69 Å². The van der Waals surface area contributed by atoms with Crippen LogP contribution in [0.2, 0.25) is 0 Å². The second-order valence-electron chi connectivity index (χ2n) is 10.3. The Hall–Kier alpha value is -5.14. The lowest BCUT2D eigenvalue weighted by Gasteiger charge is -2.20. The fraction of sp³-hybridized carbons (Fsp3) is 0.214. The summed E-state index contributed by atoms with van der Waals surface area (Å²) in [4.78, 5) is 28.4. The standard InChI is InChI=1S/C28H24F4N6O4/c1-27(2,3)21-13-22(38(37-21)16-6-4-5-15(29)11-16)35-26(40)34-19-8-7-17(12-18(19)28(30,31)32)42-20-9-10-33-25-24(20)41-14-23(39)36-25/h4-13H,14H2,1-3H3,(H,33,36,39)(H2,34,35,40). The normalized spacial score (nSPS) is 13.1. The number of carbonyl (C=O) groups is 2. The molecule has 1 aliphatic rings. The van der Waals surface area contributed by atoms with Crippen LogP contribution in [0.3, 0.4) is 0 Å². The highest BCUT2D eigenvalue weighted by Crippen LogP contribution is 2.41. The number of amides is 3. The molecular weight excluding hydrogens is 560 g/mol. The fourth-order valence-corrected chi connectivity index (χ4v) is 4.01. The molecule has 0 spiro atoms. The molecule has 10 nitrogen and oxygen atoms in total. The van der Waals surface area contributed by atoms with Gasteiger partial charge in [-0.2, -0.15) is 18.3 Å². The van der Waals surface area contributed by atoms with Gasteiger partial charge in [-0.15, -0.1) is 0 Å². The minimum atomic E-state index is -4.87. The average Bonchev–Trinajstić information content (AvgIpc) is 3.33. The van der Waals surface area contributed by atoms with E-state index in [2.05, 4.69) is 26.0 Å². The van der Waals surface area contributed by atoms with Gasteiger partial charge in [0.15, 0.2) is 18.2 Å². The SMILES string of the molecule is CC(C)(C)c1cc(NC(=O)Nc2ccc(Oc3ccnc4c3OCC(=O)N4)cc2C(F)(F)F)n(-c2cccc(F)c2)n1. The molecule has 3 N–H and O–H groups in total. The molecule has 2 aromatic heterocycles. The highest BCUT2D eigenvalue weighted by atomic mass is 19.4. The number of ether oxygens (including phenoxy) is 2. The molecule has 0 saturated carbocycles. The van der Waals surface area contributed by atoms with Crippen molar-refractivity contribution in [2.24, 2.45) is 0 Å². The highest BCUT2D eigenvalue weighted by molar-refractivity contribution is 6.00. The maximum atomic E-state index is 14.1. The van der Waals surface area contributed by atoms with Crippen LogP contribution in [0, 0.1) is 5.82 Å². The van der Waals surface area contributed by atoms with E-state index >= 15 is 0 Å². The Kier molecular flexibility index (Phi) is 7.22. The maximum absolute atomic E-state index is 14.1. The molecule has 3 heterocycles. The minimum Gasteiger partial charge on any atom is -0.476 e. The summed E-state index contributed by atoms with van der Waals surface area (Å²) in [5.41, 5.74) is -1.31. The van der Waals surface area contributed by atoms with Crippen LogP contribution in [0.5, 0.6) is 17.2 Å². The number of aromatic nitrogens is 3. The van der Waals surface area contributed by atoms with Crippen molar-refractivity contribution in [3.05, 3.63) is 77.9 Å². The molecule has 3 amide bonds. The molecule has 42 heavy (non-hydrogen) atoms. The van der Waals surface area contributed by atoms with E-state index in [0.717, 1.165) is 12.1 Å². The van der Waals surface area contributed by atoms with Crippen molar-refractivity contribution >= 4 is 29.3 Å². The number of pyridine rings is 1. The number of fused-ring (bicyclic) bond motifs is 1. The van der Waals surface area contributed by atoms with E-state index < -0.39 is 40.6 Å². The Morgan fingerprint density at radius 2 is 1.86 bits per heavy atom. The highest BCUT2D eigenvalue weighted by Gasteiger charge is 2.35. The van der Waals surface area contributed by atoms with Gasteiger partial charge in [0.05, 0.1) is 22.6 Å². The van der Waals surface area contributed by atoms with Crippen molar-refractivity contribution in [2.75, 3.05) is 22.6 Å². The number of anilines is 3. The van der Waals surface area contributed by atoms with Crippen LogP contribution >= 0.6 is 0 Å². The predicted molar refractivity (Wildman–Crippen MR) is 145 cm³/mol. The van der Waals surface area contributed by atoms with E-state index in [1.54, 1.807) is 12.1 Å². The van der Waals surface area contributed by atoms with Gasteiger partial charge < -0.3 is 20.1 Å². The number of benzene rings is 2. The largest absolute Gasteiger partial charge is 0.476 e. The molecule has 0 fully saturated rings. The van der Waals surface area contributed by atoms with E-state index in [0.29, 0.717) is 11.4 Å². The summed E-state index contributed by atoms with van der Waals surface area (Å²) in [5.74, 6) is -0.886. The van der Waals surface area contributed by atoms with Gasteiger partial charge in [-0.05, 0) is 36.4 Å². The molecule has 0 atom stereocenters. The van der Waals surface area contributed by atoms with E-state index in [-0.39, 0.29) is 35.5 Å². The Bertz CT molecular complexity index is 1680. The molecule has 2 aromatic carbocycles. The third-order valence-electron chi connectivity index (χ3n) is 6.02. The van der Waals surface area contributed by atoms with Crippen molar-refractivity contribution < 1.29 is 36.6 Å². The van der Waals surface area contributed by atoms with Gasteiger partial charge in [-0.25, -0.2) is 18.9 Å². The van der Waals surface area contributed by atoms with E-state index in [1.807, 2.05) is 20.8 Å². The first-order chi connectivity index (χ1) is 19.8. The average molecular weight is 585 g/mol. The van der Waals surface area contributed by atoms with Crippen LogP contribution in [-0.2, 0) is 16.4 Å². The van der Waals surface area contributed by atoms with Gasteiger partial charge in [0.2, 0.25) is 5.75 Å². The van der Waals surface area contributed by atoms with Crippen LogP contribution in [0.4, 0.5) is 39.7 Å². The van der Waals surface area contributed by atoms with Crippen LogP contribution in [-0.4, -0.2) is 33.3 Å². The topological polar surface area (TPSA) is 119 Å². The van der Waals surface area contributed by atoms with Crippen LogP contribution in [0.15, 0.2) is 60.8 Å². The molecule has 0 aliphatic carbocycles. The monoisotopic (exact) mass is 584 g/mol. The summed E-state index contributed by atoms with van der Waals surface area (Å²) in [7, 11) is 0. The van der Waals surface area contributed by atoms with Gasteiger partial charge in [0.25, 0.3) is 5.91 Å². The molecular formula is C28H24F4N6O4. The van der Waals surface area contributed by atoms with Gasteiger partial charge in [0, 0.05) is 23.7 Å². The number of rotatable bonds is 5. The molecule has 4 aromatic rings. The predicted octanol–water partition coefficient (Wildman–Crippen LogP) is 6.49. The fourth-order valence-electron chi connectivity index (χ4n) is 4.01. The van der Waals surface area contributed by atoms with E-state index in [4.69, 9.17) is 9.47 Å². The van der Waals surface area contributed by atoms with Crippen LogP contribution in [0.1, 0.15) is 32.0 Å². The number of hydrogen-bond donors (Lipinski definition) is 3. The number of carbonyl (C=O) groups excluding carboxylic acids is 2. The molecule has 0 bridgehead atoms. The Morgan fingerprint density at radius 1 is 1.07 bits per heavy atom. The maximum Gasteiger partial charge on any atom is 0.418 e. The van der Waals surface area contributed by atoms with Crippen molar-refractivity contribution in [1.29, 1.82) is 0 Å². The third kappa shape index (κ3) is 6.11. The number of nitrogens with one attached hydrogen (secondary N) is 3. The number of alkyl halides is 3. The lowest BCUT2D eigenvalue weighted by Crippen LogP contribution is -2.26. The molecule has 218 valence electrons. The summed E-state index contributed by atoms with van der Waals surface area (Å²) in [6, 6.07) is 10.4. The minimum absolute atomic E-state index is 0.0341. The lowest BCUT2D eigenvalue weighted by atomic mass is 9.92. The van der Waals surface area contributed by atoms with Crippen molar-refractivity contribution in [3.63, 3.8) is 0 Å². The summed E-state index contributed by atoms with van der Waals surface area (Å²) >= 11 is 0. The second kappa shape index (κ2) is 10.7. The first-order valence-electron chi connectivity index (χ1n) is 12.5. The third-order valence-corrected chi connectivity index (χ3v) is 6.02. The summed E-state index contributed by atoms with van der Waals surface area (Å²) in [6.07, 6.45) is -3.57. The molecule has 5 rings (SSSR count). The van der Waals surface area contributed by atoms with Gasteiger partial charge in [-0.1, -0.05) is 26.8 Å². The number of hydrogen-bond acceptors (Lipinski definition) is 6. The van der Waals surface area contributed by atoms with Crippen molar-refractivity contribution in [2.45, 2.75) is 32.4 Å². The zero-order chi connectivity index (χ0) is 30.2. The lowest BCUT2D eigenvalue weighted by molar-refractivity contribution is -0.137. The quantitative estimate of drug-likeness (QED) is 0.231. The molecule has 0 saturated heterocycles. The zero-order valence-corrected chi connectivity index (χ0v) is 22.5. The van der Waals surface area contributed by atoms with Gasteiger partial charge >= 0.3 is 12.2 Å². The zero-order valence-electron chi connectivity index (χ0n) is 22.5. The first kappa shape index (κ1) is 28.4. The number of urea groups is 1. The Balaban J connectivity index is 1.41. The molecule has 14 heteroatoms. The smallest absolute Gasteiger partial charge is 0.418 e. The molecule has 0 unspecified atom stereocenters. The van der Waals surface area contributed by atoms with Gasteiger partial charge in [0.1, 0.15) is 17.4 Å². The first-order valence-corrected chi connectivity index (χ1v) is 12.5. The Morgan fingerprint density at radius 3 is 2.57 bits per heavy atom. The van der Waals surface area contributed by atoms with E-state index in [1.165, 1.54) is 41.2 Å². The van der Waals surface area contributed by atoms with Crippen molar-refractivity contribution in [1.82, 2.24) is 14.8 Å². The Labute approximate surface area is 236 Å².